The van der Waals surface area contributed by atoms with Crippen LogP contribution in [0.3, 0.4) is 0 Å². The van der Waals surface area contributed by atoms with E-state index in [1.54, 1.807) is 25.1 Å². The van der Waals surface area contributed by atoms with Crippen molar-refractivity contribution in [3.05, 3.63) is 106 Å². The normalized spacial score (nSPS) is 16.3. The predicted molar refractivity (Wildman–Crippen MR) is 136 cm³/mol. The molecular formula is C29H28N2O4. The number of hydrogen-bond donors (Lipinski definition) is 1. The van der Waals surface area contributed by atoms with Crippen LogP contribution < -0.4 is 10.7 Å². The lowest BCUT2D eigenvalue weighted by Gasteiger charge is -2.33. The Hall–Kier alpha value is -3.74. The van der Waals surface area contributed by atoms with Gasteiger partial charge in [-0.1, -0.05) is 66.7 Å². The highest BCUT2D eigenvalue weighted by Gasteiger charge is 2.23. The molecule has 1 unspecified atom stereocenters. The van der Waals surface area contributed by atoms with E-state index in [1.165, 1.54) is 5.56 Å². The fourth-order valence-electron chi connectivity index (χ4n) is 4.54. The van der Waals surface area contributed by atoms with Gasteiger partial charge in [-0.05, 0) is 24.6 Å². The lowest BCUT2D eigenvalue weighted by Crippen LogP contribution is -2.47. The molecule has 4 aromatic rings. The average Bonchev–Trinajstić information content (AvgIpc) is 2.90. The maximum absolute atomic E-state index is 13.2. The first kappa shape index (κ1) is 23.0. The van der Waals surface area contributed by atoms with Crippen LogP contribution in [0.2, 0.25) is 0 Å². The fraction of sp³-hybridized carbons (Fsp3) is 0.241. The highest BCUT2D eigenvalue weighted by molar-refractivity contribution is 6.05. The van der Waals surface area contributed by atoms with E-state index < -0.39 is 0 Å². The minimum Gasteiger partial charge on any atom is -0.455 e. The highest BCUT2D eigenvalue weighted by atomic mass is 16.5. The van der Waals surface area contributed by atoms with E-state index in [0.717, 1.165) is 25.2 Å². The summed E-state index contributed by atoms with van der Waals surface area (Å²) in [6.07, 6.45) is -0.111. The minimum atomic E-state index is -0.287. The van der Waals surface area contributed by atoms with E-state index in [4.69, 9.17) is 9.15 Å². The molecule has 1 fully saturated rings. The molecule has 1 saturated heterocycles. The Morgan fingerprint density at radius 3 is 2.51 bits per heavy atom. The molecule has 6 nitrogen and oxygen atoms in total. The quantitative estimate of drug-likeness (QED) is 0.454. The molecular weight excluding hydrogens is 440 g/mol. The van der Waals surface area contributed by atoms with E-state index >= 15 is 0 Å². The van der Waals surface area contributed by atoms with Gasteiger partial charge in [0.25, 0.3) is 5.91 Å². The summed E-state index contributed by atoms with van der Waals surface area (Å²) < 4.78 is 12.1. The van der Waals surface area contributed by atoms with Crippen LogP contribution in [0.1, 0.15) is 21.5 Å². The third kappa shape index (κ3) is 5.04. The molecule has 0 aliphatic carbocycles. The Labute approximate surface area is 204 Å². The van der Waals surface area contributed by atoms with E-state index in [1.807, 2.05) is 48.5 Å². The predicted octanol–water partition coefficient (Wildman–Crippen LogP) is 4.40. The lowest BCUT2D eigenvalue weighted by molar-refractivity contribution is -0.0292. The highest BCUT2D eigenvalue weighted by Crippen LogP contribution is 2.27. The third-order valence-corrected chi connectivity index (χ3v) is 6.39. The number of morpholine rings is 1. The monoisotopic (exact) mass is 468 g/mol. The van der Waals surface area contributed by atoms with Crippen molar-refractivity contribution in [2.75, 3.05) is 26.2 Å². The van der Waals surface area contributed by atoms with Gasteiger partial charge in [-0.2, -0.15) is 0 Å². The number of hydrogen-bond acceptors (Lipinski definition) is 5. The zero-order chi connectivity index (χ0) is 24.2. The van der Waals surface area contributed by atoms with Gasteiger partial charge in [0.2, 0.25) is 0 Å². The van der Waals surface area contributed by atoms with Crippen LogP contribution in [0.25, 0.3) is 22.3 Å². The fourth-order valence-corrected chi connectivity index (χ4v) is 4.54. The third-order valence-electron chi connectivity index (χ3n) is 6.39. The maximum Gasteiger partial charge on any atom is 0.255 e. The van der Waals surface area contributed by atoms with Crippen LogP contribution in [0.15, 0.2) is 88.1 Å². The summed E-state index contributed by atoms with van der Waals surface area (Å²) in [7, 11) is 0. The molecule has 0 saturated carbocycles. The molecule has 0 bridgehead atoms. The second-order valence-corrected chi connectivity index (χ2v) is 8.86. The van der Waals surface area contributed by atoms with E-state index in [9.17, 15) is 9.59 Å². The van der Waals surface area contributed by atoms with Crippen LogP contribution in [0.4, 0.5) is 0 Å². The Bertz CT molecular complexity index is 1380. The summed E-state index contributed by atoms with van der Waals surface area (Å²) in [6, 6.07) is 24.9. The number of rotatable bonds is 6. The molecule has 0 spiro atoms. The molecule has 1 atom stereocenters. The van der Waals surface area contributed by atoms with Crippen molar-refractivity contribution in [2.24, 2.45) is 0 Å². The molecule has 178 valence electrons. The molecule has 1 aromatic heterocycles. The first-order valence-electron chi connectivity index (χ1n) is 11.9. The summed E-state index contributed by atoms with van der Waals surface area (Å²) in [5, 5.41) is 3.39. The van der Waals surface area contributed by atoms with Gasteiger partial charge in [-0.25, -0.2) is 0 Å². The standard InChI is InChI=1S/C29H28N2O4/c1-20-26(32)24-13-8-14-25(28(24)35-27(20)22-11-6-3-7-12-22)29(33)30-17-23-19-31(15-16-34-23)18-21-9-4-2-5-10-21/h2-14,23H,15-19H2,1H3,(H,30,33). The van der Waals surface area contributed by atoms with Crippen molar-refractivity contribution in [3.63, 3.8) is 0 Å². The van der Waals surface area contributed by atoms with Gasteiger partial charge in [0.1, 0.15) is 5.76 Å². The van der Waals surface area contributed by atoms with Gasteiger partial charge in [-0.3, -0.25) is 14.5 Å². The van der Waals surface area contributed by atoms with Crippen LogP contribution in [0.5, 0.6) is 0 Å². The van der Waals surface area contributed by atoms with Gasteiger partial charge < -0.3 is 14.5 Å². The maximum atomic E-state index is 13.2. The number of para-hydroxylation sites is 1. The Balaban J connectivity index is 1.33. The van der Waals surface area contributed by atoms with Gasteiger partial charge in [0.15, 0.2) is 11.0 Å². The van der Waals surface area contributed by atoms with Crippen LogP contribution in [-0.2, 0) is 11.3 Å². The van der Waals surface area contributed by atoms with Gasteiger partial charge in [0.05, 0.1) is 23.7 Å². The second-order valence-electron chi connectivity index (χ2n) is 8.86. The Morgan fingerprint density at radius 1 is 1.00 bits per heavy atom. The number of amides is 1. The summed E-state index contributed by atoms with van der Waals surface area (Å²) >= 11 is 0. The van der Waals surface area contributed by atoms with Gasteiger partial charge >= 0.3 is 0 Å². The molecule has 6 heteroatoms. The first-order chi connectivity index (χ1) is 17.1. The number of nitrogens with zero attached hydrogens (tertiary/aromatic N) is 1. The summed E-state index contributed by atoms with van der Waals surface area (Å²) in [5.74, 6) is 0.195. The molecule has 3 aromatic carbocycles. The van der Waals surface area contributed by atoms with Crippen LogP contribution >= 0.6 is 0 Å². The van der Waals surface area contributed by atoms with E-state index in [-0.39, 0.29) is 17.4 Å². The minimum absolute atomic E-state index is 0.111. The Morgan fingerprint density at radius 2 is 1.74 bits per heavy atom. The Kier molecular flexibility index (Phi) is 6.75. The summed E-state index contributed by atoms with van der Waals surface area (Å²) in [5.41, 5.74) is 3.09. The molecule has 35 heavy (non-hydrogen) atoms. The molecule has 2 heterocycles. The molecule has 5 rings (SSSR count). The lowest BCUT2D eigenvalue weighted by atomic mass is 10.0. The zero-order valence-corrected chi connectivity index (χ0v) is 19.7. The summed E-state index contributed by atoms with van der Waals surface area (Å²) in [6.45, 7) is 5.19. The molecule has 1 N–H and O–H groups in total. The second kappa shape index (κ2) is 10.3. The number of fused-ring (bicyclic) bond motifs is 1. The van der Waals surface area contributed by atoms with Crippen molar-refractivity contribution < 1.29 is 13.9 Å². The zero-order valence-electron chi connectivity index (χ0n) is 19.7. The topological polar surface area (TPSA) is 71.8 Å². The number of nitrogens with one attached hydrogen (secondary N) is 1. The molecule has 1 amide bonds. The van der Waals surface area contributed by atoms with Crippen LogP contribution in [-0.4, -0.2) is 43.2 Å². The molecule has 1 aliphatic rings. The number of carbonyl (C=O) groups is 1. The molecule has 0 radical (unpaired) electrons. The molecule has 1 aliphatic heterocycles. The van der Waals surface area contributed by atoms with Crippen molar-refractivity contribution >= 4 is 16.9 Å². The van der Waals surface area contributed by atoms with Crippen molar-refractivity contribution in [3.8, 4) is 11.3 Å². The van der Waals surface area contributed by atoms with Gasteiger partial charge in [-0.15, -0.1) is 0 Å². The largest absolute Gasteiger partial charge is 0.455 e. The van der Waals surface area contributed by atoms with Gasteiger partial charge in [0, 0.05) is 37.3 Å². The van der Waals surface area contributed by atoms with Crippen LogP contribution in [0, 0.1) is 6.92 Å². The van der Waals surface area contributed by atoms with E-state index in [2.05, 4.69) is 22.3 Å². The number of ether oxygens (including phenoxy) is 1. The summed E-state index contributed by atoms with van der Waals surface area (Å²) in [4.78, 5) is 28.6. The number of benzene rings is 3. The number of carbonyl (C=O) groups excluding carboxylic acids is 1. The van der Waals surface area contributed by atoms with Crippen molar-refractivity contribution in [2.45, 2.75) is 19.6 Å². The average molecular weight is 469 g/mol. The van der Waals surface area contributed by atoms with Crippen molar-refractivity contribution in [1.82, 2.24) is 10.2 Å². The van der Waals surface area contributed by atoms with E-state index in [0.29, 0.717) is 41.0 Å². The first-order valence-corrected chi connectivity index (χ1v) is 11.9. The SMILES string of the molecule is Cc1c(-c2ccccc2)oc2c(C(=O)NCC3CN(Cc4ccccc4)CCO3)cccc2c1=O. The smallest absolute Gasteiger partial charge is 0.255 e. The van der Waals surface area contributed by atoms with Crippen molar-refractivity contribution in [1.29, 1.82) is 0 Å².